The number of hydrogen-bond acceptors (Lipinski definition) is 4. The predicted octanol–water partition coefficient (Wildman–Crippen LogP) is 3.71. The molecule has 1 unspecified atom stereocenters. The van der Waals surface area contributed by atoms with Crippen molar-refractivity contribution in [2.45, 2.75) is 59.4 Å². The minimum Gasteiger partial charge on any atom is -0.427 e. The van der Waals surface area contributed by atoms with Crippen LogP contribution in [0.2, 0.25) is 0 Å². The van der Waals surface area contributed by atoms with E-state index in [-0.39, 0.29) is 11.5 Å². The molecule has 130 valence electrons. The van der Waals surface area contributed by atoms with Crippen molar-refractivity contribution in [1.29, 1.82) is 0 Å². The van der Waals surface area contributed by atoms with E-state index in [1.54, 1.807) is 29.9 Å². The topological polar surface area (TPSA) is 77.1 Å². The molecule has 0 spiro atoms. The maximum Gasteiger partial charge on any atom is 0.349 e. The summed E-state index contributed by atoms with van der Waals surface area (Å²) in [5.74, 6) is 0.897. The second-order valence-electron chi connectivity index (χ2n) is 6.08. The third-order valence-electron chi connectivity index (χ3n) is 4.00. The number of hydrogen-bond donors (Lipinski definition) is 1. The first kappa shape index (κ1) is 18.0. The number of carbonyl (C=O) groups excluding carboxylic acids is 1. The van der Waals surface area contributed by atoms with E-state index in [0.717, 1.165) is 19.3 Å². The van der Waals surface area contributed by atoms with Crippen LogP contribution in [0.25, 0.3) is 0 Å². The fourth-order valence-corrected chi connectivity index (χ4v) is 2.73. The van der Waals surface area contributed by atoms with Crippen LogP contribution in [0.1, 0.15) is 67.6 Å². The van der Waals surface area contributed by atoms with Gasteiger partial charge in [0.15, 0.2) is 0 Å². The molecule has 1 atom stereocenters. The number of anilines is 1. The molecule has 0 radical (unpaired) electrons. The lowest BCUT2D eigenvalue weighted by molar-refractivity contribution is 0.102. The minimum atomic E-state index is -0.591. The van der Waals surface area contributed by atoms with Crippen LogP contribution in [0.5, 0.6) is 0 Å². The number of amides is 1. The Morgan fingerprint density at radius 3 is 2.75 bits per heavy atom. The van der Waals surface area contributed by atoms with Crippen LogP contribution in [0.15, 0.2) is 27.5 Å². The van der Waals surface area contributed by atoms with Gasteiger partial charge < -0.3 is 9.73 Å². The van der Waals surface area contributed by atoms with Gasteiger partial charge in [-0.15, -0.1) is 0 Å². The first-order valence-electron chi connectivity index (χ1n) is 8.45. The summed E-state index contributed by atoms with van der Waals surface area (Å²) in [6.45, 7) is 8.59. The number of aromatic nitrogens is 2. The van der Waals surface area contributed by atoms with E-state index >= 15 is 0 Å². The number of rotatable bonds is 7. The summed E-state index contributed by atoms with van der Waals surface area (Å²) in [5, 5.41) is 6.90. The van der Waals surface area contributed by atoms with Crippen molar-refractivity contribution in [3.05, 3.63) is 45.6 Å². The highest BCUT2D eigenvalue weighted by Gasteiger charge is 2.20. The third-order valence-corrected chi connectivity index (χ3v) is 4.00. The Morgan fingerprint density at radius 1 is 1.38 bits per heavy atom. The monoisotopic (exact) mass is 331 g/mol. The Balaban J connectivity index is 2.26. The molecule has 0 aliphatic rings. The number of nitrogens with zero attached hydrogens (tertiary/aromatic N) is 2. The molecule has 2 heterocycles. The lowest BCUT2D eigenvalue weighted by Crippen LogP contribution is -2.24. The van der Waals surface area contributed by atoms with Gasteiger partial charge in [0.05, 0.1) is 6.20 Å². The Morgan fingerprint density at radius 2 is 2.12 bits per heavy atom. The zero-order valence-electron chi connectivity index (χ0n) is 14.8. The van der Waals surface area contributed by atoms with Gasteiger partial charge in [-0.2, -0.15) is 5.10 Å². The van der Waals surface area contributed by atoms with Crippen molar-refractivity contribution in [3.8, 4) is 0 Å². The highest BCUT2D eigenvalue weighted by Crippen LogP contribution is 2.21. The van der Waals surface area contributed by atoms with Crippen LogP contribution < -0.4 is 10.9 Å². The molecule has 2 aromatic rings. The van der Waals surface area contributed by atoms with Crippen LogP contribution in [-0.2, 0) is 6.54 Å². The Bertz CT molecular complexity index is 761. The van der Waals surface area contributed by atoms with E-state index in [9.17, 15) is 9.59 Å². The molecule has 0 saturated heterocycles. The maximum atomic E-state index is 12.5. The highest BCUT2D eigenvalue weighted by atomic mass is 16.4. The van der Waals surface area contributed by atoms with E-state index in [4.69, 9.17) is 4.42 Å². The summed E-state index contributed by atoms with van der Waals surface area (Å²) in [7, 11) is 0. The first-order chi connectivity index (χ1) is 11.5. The second kappa shape index (κ2) is 7.95. The van der Waals surface area contributed by atoms with Crippen molar-refractivity contribution >= 4 is 11.7 Å². The van der Waals surface area contributed by atoms with Crippen LogP contribution in [0.4, 0.5) is 5.82 Å². The first-order valence-corrected chi connectivity index (χ1v) is 8.45. The van der Waals surface area contributed by atoms with Gasteiger partial charge in [-0.25, -0.2) is 9.48 Å². The maximum absolute atomic E-state index is 12.5. The molecule has 0 saturated carbocycles. The third kappa shape index (κ3) is 3.93. The quantitative estimate of drug-likeness (QED) is 0.839. The zero-order chi connectivity index (χ0) is 17.7. The van der Waals surface area contributed by atoms with Gasteiger partial charge >= 0.3 is 5.63 Å². The average molecular weight is 331 g/mol. The fraction of sp³-hybridized carbons (Fsp3) is 0.500. The van der Waals surface area contributed by atoms with Crippen molar-refractivity contribution in [2.24, 2.45) is 0 Å². The van der Waals surface area contributed by atoms with Gasteiger partial charge in [-0.05, 0) is 31.4 Å². The van der Waals surface area contributed by atoms with Crippen LogP contribution in [0.3, 0.4) is 0 Å². The molecule has 0 aliphatic heterocycles. The summed E-state index contributed by atoms with van der Waals surface area (Å²) >= 11 is 0. The van der Waals surface area contributed by atoms with E-state index in [1.807, 2.05) is 13.8 Å². The summed E-state index contributed by atoms with van der Waals surface area (Å²) < 4.78 is 7.08. The summed E-state index contributed by atoms with van der Waals surface area (Å²) in [4.78, 5) is 24.8. The van der Waals surface area contributed by atoms with Gasteiger partial charge in [-0.1, -0.05) is 27.2 Å². The van der Waals surface area contributed by atoms with Crippen LogP contribution in [0, 0.1) is 6.92 Å². The van der Waals surface area contributed by atoms with Crippen molar-refractivity contribution in [1.82, 2.24) is 9.78 Å². The molecule has 0 fully saturated rings. The van der Waals surface area contributed by atoms with E-state index < -0.39 is 11.5 Å². The molecular weight excluding hydrogens is 306 g/mol. The Hall–Kier alpha value is -2.37. The highest BCUT2D eigenvalue weighted by molar-refractivity contribution is 6.04. The van der Waals surface area contributed by atoms with Crippen molar-refractivity contribution in [3.63, 3.8) is 0 Å². The largest absolute Gasteiger partial charge is 0.427 e. The lowest BCUT2D eigenvalue weighted by atomic mass is 10.0. The van der Waals surface area contributed by atoms with E-state index in [2.05, 4.69) is 17.3 Å². The number of nitrogens with one attached hydrogen (secondary N) is 1. The number of aryl methyl sites for hydroxylation is 2. The minimum absolute atomic E-state index is 0.0479. The molecule has 1 amide bonds. The summed E-state index contributed by atoms with van der Waals surface area (Å²) in [5.41, 5.74) is 0.0852. The lowest BCUT2D eigenvalue weighted by Gasteiger charge is -2.12. The van der Waals surface area contributed by atoms with Crippen LogP contribution >= 0.6 is 0 Å². The van der Waals surface area contributed by atoms with E-state index in [0.29, 0.717) is 23.7 Å². The number of carbonyl (C=O) groups is 1. The van der Waals surface area contributed by atoms with E-state index in [1.165, 1.54) is 0 Å². The molecule has 1 N–H and O–H groups in total. The predicted molar refractivity (Wildman–Crippen MR) is 93.5 cm³/mol. The second-order valence-corrected chi connectivity index (χ2v) is 6.08. The Kier molecular flexibility index (Phi) is 5.95. The Labute approximate surface area is 141 Å². The molecule has 2 aromatic heterocycles. The van der Waals surface area contributed by atoms with Gasteiger partial charge in [0.1, 0.15) is 17.1 Å². The van der Waals surface area contributed by atoms with Gasteiger partial charge in [0.25, 0.3) is 5.91 Å². The van der Waals surface area contributed by atoms with Crippen LogP contribution in [-0.4, -0.2) is 15.7 Å². The SMILES string of the molecule is CCCC(C)c1cc(C)c(C(=O)Nc2ccnn2CCC)c(=O)o1. The molecule has 0 aromatic carbocycles. The summed E-state index contributed by atoms with van der Waals surface area (Å²) in [6.07, 6.45) is 4.46. The van der Waals surface area contributed by atoms with Gasteiger partial charge in [0.2, 0.25) is 0 Å². The molecule has 0 aliphatic carbocycles. The standard InChI is InChI=1S/C18H25N3O3/c1-5-7-12(3)14-11-13(4)16(18(23)24-14)17(22)20-15-8-9-19-21(15)10-6-2/h8-9,11-12H,5-7,10H2,1-4H3,(H,20,22). The average Bonchev–Trinajstić information content (AvgIpc) is 2.94. The zero-order valence-corrected chi connectivity index (χ0v) is 14.8. The molecular formula is C18H25N3O3. The molecule has 2 rings (SSSR count). The fourth-order valence-electron chi connectivity index (χ4n) is 2.73. The van der Waals surface area contributed by atoms with Crippen molar-refractivity contribution in [2.75, 3.05) is 5.32 Å². The summed E-state index contributed by atoms with van der Waals surface area (Å²) in [6, 6.07) is 3.50. The smallest absolute Gasteiger partial charge is 0.349 e. The molecule has 6 heteroatoms. The normalized spacial score (nSPS) is 12.2. The molecule has 6 nitrogen and oxygen atoms in total. The molecule has 24 heavy (non-hydrogen) atoms. The molecule has 0 bridgehead atoms. The van der Waals surface area contributed by atoms with Gasteiger partial charge in [-0.3, -0.25) is 4.79 Å². The van der Waals surface area contributed by atoms with Crippen molar-refractivity contribution < 1.29 is 9.21 Å². The van der Waals surface area contributed by atoms with Gasteiger partial charge in [0, 0.05) is 18.5 Å².